The Morgan fingerprint density at radius 3 is 2.83 bits per heavy atom. The molecule has 0 spiro atoms. The fraction of sp³-hybridized carbons (Fsp3) is 0.312. The fourth-order valence-electron chi connectivity index (χ4n) is 2.07. The first kappa shape index (κ1) is 16.8. The maximum Gasteiger partial charge on any atom is 0.275 e. The largest absolute Gasteiger partial charge is 0.385 e. The van der Waals surface area contributed by atoms with Gasteiger partial charge in [-0.05, 0) is 25.5 Å². The van der Waals surface area contributed by atoms with Gasteiger partial charge in [-0.25, -0.2) is 9.07 Å². The molecule has 0 aliphatic heterocycles. The summed E-state index contributed by atoms with van der Waals surface area (Å²) in [6.45, 7) is 2.49. The van der Waals surface area contributed by atoms with Crippen LogP contribution in [0, 0.1) is 12.7 Å². The number of ether oxygens (including phenoxy) is 1. The van der Waals surface area contributed by atoms with Crippen molar-refractivity contribution in [3.8, 4) is 5.69 Å². The van der Waals surface area contributed by atoms with Crippen molar-refractivity contribution in [2.45, 2.75) is 13.3 Å². The number of carbonyl (C=O) groups excluding carboxylic acids is 1. The Balaban J connectivity index is 2.32. The summed E-state index contributed by atoms with van der Waals surface area (Å²) >= 11 is 0. The van der Waals surface area contributed by atoms with Gasteiger partial charge >= 0.3 is 0 Å². The van der Waals surface area contributed by atoms with E-state index in [0.717, 1.165) is 0 Å². The predicted octanol–water partition coefficient (Wildman–Crippen LogP) is 1.45. The summed E-state index contributed by atoms with van der Waals surface area (Å²) in [6.07, 6.45) is 0.621. The van der Waals surface area contributed by atoms with Gasteiger partial charge in [-0.3, -0.25) is 9.59 Å². The molecule has 6 nitrogen and oxygen atoms in total. The van der Waals surface area contributed by atoms with Gasteiger partial charge in [-0.2, -0.15) is 5.10 Å². The monoisotopic (exact) mass is 319 g/mol. The molecule has 0 unspecified atom stereocenters. The van der Waals surface area contributed by atoms with E-state index >= 15 is 0 Å². The molecule has 2 rings (SSSR count). The smallest absolute Gasteiger partial charge is 0.275 e. The molecule has 0 bridgehead atoms. The van der Waals surface area contributed by atoms with Crippen molar-refractivity contribution in [2.75, 3.05) is 20.3 Å². The second kappa shape index (κ2) is 7.64. The highest BCUT2D eigenvalue weighted by atomic mass is 19.1. The van der Waals surface area contributed by atoms with Gasteiger partial charge in [0.25, 0.3) is 5.91 Å². The number of rotatable bonds is 6. The van der Waals surface area contributed by atoms with E-state index in [2.05, 4.69) is 10.4 Å². The Bertz CT molecular complexity index is 758. The van der Waals surface area contributed by atoms with Crippen molar-refractivity contribution >= 4 is 5.91 Å². The summed E-state index contributed by atoms with van der Waals surface area (Å²) in [7, 11) is 1.57. The van der Waals surface area contributed by atoms with Crippen LogP contribution in [0.15, 0.2) is 35.1 Å². The molecule has 0 saturated carbocycles. The lowest BCUT2D eigenvalue weighted by Crippen LogP contribution is -2.33. The van der Waals surface area contributed by atoms with Crippen LogP contribution in [0.25, 0.3) is 5.69 Å². The van der Waals surface area contributed by atoms with Gasteiger partial charge in [0, 0.05) is 32.0 Å². The lowest BCUT2D eigenvalue weighted by Gasteiger charge is -2.12. The molecular formula is C16H18FN3O3. The zero-order chi connectivity index (χ0) is 16.8. The lowest BCUT2D eigenvalue weighted by atomic mass is 10.2. The molecule has 2 aromatic rings. The highest BCUT2D eigenvalue weighted by molar-refractivity contribution is 5.92. The number of para-hydroxylation sites is 1. The summed E-state index contributed by atoms with van der Waals surface area (Å²) < 4.78 is 20.1. The first-order chi connectivity index (χ1) is 11.0. The molecule has 1 heterocycles. The summed E-state index contributed by atoms with van der Waals surface area (Å²) in [5.74, 6) is -1.07. The second-order valence-corrected chi connectivity index (χ2v) is 4.96. The van der Waals surface area contributed by atoms with Crippen LogP contribution in [0.1, 0.15) is 22.6 Å². The molecule has 0 saturated heterocycles. The average Bonchev–Trinajstić information content (AvgIpc) is 2.52. The van der Waals surface area contributed by atoms with E-state index in [0.29, 0.717) is 25.3 Å². The van der Waals surface area contributed by atoms with Crippen molar-refractivity contribution in [3.63, 3.8) is 0 Å². The molecule has 1 N–H and O–H groups in total. The van der Waals surface area contributed by atoms with Gasteiger partial charge in [0.15, 0.2) is 5.69 Å². The van der Waals surface area contributed by atoms with Crippen molar-refractivity contribution in [1.82, 2.24) is 15.1 Å². The molecular weight excluding hydrogens is 301 g/mol. The van der Waals surface area contributed by atoms with Crippen LogP contribution in [0.2, 0.25) is 0 Å². The second-order valence-electron chi connectivity index (χ2n) is 4.96. The molecule has 1 amide bonds. The predicted molar refractivity (Wildman–Crippen MR) is 83.4 cm³/mol. The molecule has 23 heavy (non-hydrogen) atoms. The number of hydrogen-bond donors (Lipinski definition) is 1. The molecule has 1 aromatic heterocycles. The number of amides is 1. The number of benzene rings is 1. The van der Waals surface area contributed by atoms with E-state index in [4.69, 9.17) is 4.74 Å². The molecule has 1 aromatic carbocycles. The maximum atomic E-state index is 13.9. The first-order valence-corrected chi connectivity index (χ1v) is 7.17. The van der Waals surface area contributed by atoms with Gasteiger partial charge in [0.1, 0.15) is 11.5 Å². The number of nitrogens with one attached hydrogen (secondary N) is 1. The Kier molecular flexibility index (Phi) is 5.59. The summed E-state index contributed by atoms with van der Waals surface area (Å²) in [6, 6.07) is 7.30. The Morgan fingerprint density at radius 2 is 2.13 bits per heavy atom. The van der Waals surface area contributed by atoms with Gasteiger partial charge < -0.3 is 10.1 Å². The minimum absolute atomic E-state index is 0.179. The standard InChI is InChI=1S/C16H18FN3O3/c1-11-10-14(21)15(16(22)18-8-5-9-23-2)19-20(11)13-7-4-3-6-12(13)17/h3-4,6-7,10H,5,8-9H2,1-2H3,(H,18,22). The van der Waals surface area contributed by atoms with Crippen LogP contribution in [0.4, 0.5) is 4.39 Å². The van der Waals surface area contributed by atoms with E-state index in [1.807, 2.05) is 0 Å². The van der Waals surface area contributed by atoms with Crippen molar-refractivity contribution < 1.29 is 13.9 Å². The van der Waals surface area contributed by atoms with Crippen LogP contribution in [-0.4, -0.2) is 35.9 Å². The number of carbonyl (C=O) groups is 1. The minimum atomic E-state index is -0.587. The minimum Gasteiger partial charge on any atom is -0.385 e. The lowest BCUT2D eigenvalue weighted by molar-refractivity contribution is 0.0940. The van der Waals surface area contributed by atoms with Crippen LogP contribution in [0.3, 0.4) is 0 Å². The van der Waals surface area contributed by atoms with E-state index in [9.17, 15) is 14.0 Å². The topological polar surface area (TPSA) is 73.2 Å². The molecule has 0 radical (unpaired) electrons. The van der Waals surface area contributed by atoms with E-state index < -0.39 is 17.2 Å². The third-order valence-electron chi connectivity index (χ3n) is 3.21. The summed E-state index contributed by atoms with van der Waals surface area (Å²) in [5.41, 5.74) is -0.148. The van der Waals surface area contributed by atoms with Crippen LogP contribution in [-0.2, 0) is 4.74 Å². The van der Waals surface area contributed by atoms with Crippen molar-refractivity contribution in [1.29, 1.82) is 0 Å². The maximum absolute atomic E-state index is 13.9. The summed E-state index contributed by atoms with van der Waals surface area (Å²) in [4.78, 5) is 24.1. The summed E-state index contributed by atoms with van der Waals surface area (Å²) in [5, 5.41) is 6.62. The third-order valence-corrected chi connectivity index (χ3v) is 3.21. The van der Waals surface area contributed by atoms with Gasteiger partial charge in [0.05, 0.1) is 0 Å². The number of methoxy groups -OCH3 is 1. The first-order valence-electron chi connectivity index (χ1n) is 7.17. The third kappa shape index (κ3) is 4.01. The number of hydrogen-bond acceptors (Lipinski definition) is 4. The van der Waals surface area contributed by atoms with E-state index in [1.54, 1.807) is 26.2 Å². The number of aromatic nitrogens is 2. The average molecular weight is 319 g/mol. The Hall–Kier alpha value is -2.54. The van der Waals surface area contributed by atoms with Crippen molar-refractivity contribution in [3.05, 3.63) is 57.8 Å². The zero-order valence-corrected chi connectivity index (χ0v) is 13.0. The highest BCUT2D eigenvalue weighted by Crippen LogP contribution is 2.12. The molecule has 0 aliphatic carbocycles. The van der Waals surface area contributed by atoms with Crippen LogP contribution < -0.4 is 10.7 Å². The van der Waals surface area contributed by atoms with Gasteiger partial charge in [0.2, 0.25) is 5.43 Å². The number of nitrogens with zero attached hydrogens (tertiary/aromatic N) is 2. The van der Waals surface area contributed by atoms with E-state index in [1.165, 1.54) is 22.9 Å². The SMILES string of the molecule is COCCCNC(=O)c1nn(-c2ccccc2F)c(C)cc1=O. The Morgan fingerprint density at radius 1 is 1.39 bits per heavy atom. The molecule has 0 aliphatic rings. The van der Waals surface area contributed by atoms with Gasteiger partial charge in [-0.15, -0.1) is 0 Å². The van der Waals surface area contributed by atoms with Crippen LogP contribution in [0.5, 0.6) is 0 Å². The van der Waals surface area contributed by atoms with Crippen molar-refractivity contribution in [2.24, 2.45) is 0 Å². The molecule has 0 atom stereocenters. The molecule has 0 fully saturated rings. The van der Waals surface area contributed by atoms with Gasteiger partial charge in [-0.1, -0.05) is 12.1 Å². The molecule has 122 valence electrons. The number of halogens is 1. The quantitative estimate of drug-likeness (QED) is 0.818. The highest BCUT2D eigenvalue weighted by Gasteiger charge is 2.16. The zero-order valence-electron chi connectivity index (χ0n) is 13.0. The molecule has 7 heteroatoms. The fourth-order valence-corrected chi connectivity index (χ4v) is 2.07. The number of aryl methyl sites for hydroxylation is 1. The van der Waals surface area contributed by atoms with E-state index in [-0.39, 0.29) is 11.4 Å². The normalized spacial score (nSPS) is 10.6. The van der Waals surface area contributed by atoms with Crippen LogP contribution >= 0.6 is 0 Å². The Labute approximate surface area is 132 Å².